The number of sulfonamides is 1. The summed E-state index contributed by atoms with van der Waals surface area (Å²) in [6, 6.07) is 8.51. The number of carbonyl (C=O) groups is 1. The molecule has 5 nitrogen and oxygen atoms in total. The van der Waals surface area contributed by atoms with E-state index in [4.69, 9.17) is 0 Å². The first-order chi connectivity index (χ1) is 12.0. The van der Waals surface area contributed by atoms with Crippen molar-refractivity contribution in [1.29, 1.82) is 0 Å². The van der Waals surface area contributed by atoms with E-state index in [1.807, 2.05) is 4.90 Å². The van der Waals surface area contributed by atoms with Crippen molar-refractivity contribution in [3.05, 3.63) is 35.4 Å². The molecule has 0 aliphatic carbocycles. The zero-order chi connectivity index (χ0) is 17.9. The van der Waals surface area contributed by atoms with E-state index in [0.29, 0.717) is 19.5 Å². The molecule has 0 radical (unpaired) electrons. The summed E-state index contributed by atoms with van der Waals surface area (Å²) in [5, 5.41) is 0. The smallest absolute Gasteiger partial charge is 0.224 e. The number of hydrogen-bond acceptors (Lipinski definition) is 3. The van der Waals surface area contributed by atoms with Gasteiger partial charge in [0.2, 0.25) is 15.9 Å². The Labute approximate surface area is 151 Å². The predicted molar refractivity (Wildman–Crippen MR) is 98.7 cm³/mol. The Bertz CT molecular complexity index is 717. The van der Waals surface area contributed by atoms with E-state index in [2.05, 4.69) is 31.2 Å². The van der Waals surface area contributed by atoms with Crippen LogP contribution in [0.15, 0.2) is 24.3 Å². The Balaban J connectivity index is 1.71. The first-order valence-corrected chi connectivity index (χ1v) is 10.9. The fraction of sp³-hybridized carbons (Fsp3) is 0.632. The van der Waals surface area contributed by atoms with E-state index in [1.165, 1.54) is 15.4 Å². The molecule has 1 aromatic carbocycles. The molecule has 1 amide bonds. The number of likely N-dealkylation sites (tertiary alicyclic amines) is 1. The lowest BCUT2D eigenvalue weighted by molar-refractivity contribution is -0.133. The van der Waals surface area contributed by atoms with Crippen molar-refractivity contribution < 1.29 is 13.2 Å². The second-order valence-electron chi connectivity index (χ2n) is 7.19. The highest BCUT2D eigenvalue weighted by atomic mass is 32.2. The summed E-state index contributed by atoms with van der Waals surface area (Å²) in [4.78, 5) is 14.9. The van der Waals surface area contributed by atoms with Crippen molar-refractivity contribution in [3.63, 3.8) is 0 Å². The van der Waals surface area contributed by atoms with Crippen molar-refractivity contribution in [2.24, 2.45) is 0 Å². The molecular formula is C19H28N2O3S. The van der Waals surface area contributed by atoms with E-state index >= 15 is 0 Å². The van der Waals surface area contributed by atoms with Crippen LogP contribution in [0.25, 0.3) is 0 Å². The van der Waals surface area contributed by atoms with Gasteiger partial charge in [-0.2, -0.15) is 0 Å². The average Bonchev–Trinajstić information content (AvgIpc) is 2.77. The Hall–Kier alpha value is -1.40. The SMILES string of the molecule is Cc1cccc(C2CCCCCN2C(=O)CCN2CCCS2(=O)=O)c1. The molecule has 2 heterocycles. The number of aryl methyl sites for hydroxylation is 1. The molecule has 3 rings (SSSR count). The van der Waals surface area contributed by atoms with Gasteiger partial charge in [0.25, 0.3) is 0 Å². The fourth-order valence-electron chi connectivity index (χ4n) is 3.94. The maximum atomic E-state index is 12.9. The molecule has 2 aliphatic rings. The summed E-state index contributed by atoms with van der Waals surface area (Å²) in [7, 11) is -3.13. The van der Waals surface area contributed by atoms with E-state index in [9.17, 15) is 13.2 Å². The monoisotopic (exact) mass is 364 g/mol. The minimum absolute atomic E-state index is 0.0792. The minimum atomic E-state index is -3.13. The van der Waals surface area contributed by atoms with Crippen molar-refractivity contribution in [2.75, 3.05) is 25.4 Å². The van der Waals surface area contributed by atoms with Gasteiger partial charge >= 0.3 is 0 Å². The van der Waals surface area contributed by atoms with Crippen LogP contribution in [0.3, 0.4) is 0 Å². The van der Waals surface area contributed by atoms with E-state index in [-0.39, 0.29) is 24.1 Å². The highest BCUT2D eigenvalue weighted by Gasteiger charge is 2.31. The van der Waals surface area contributed by atoms with Gasteiger partial charge < -0.3 is 4.90 Å². The molecule has 1 aromatic rings. The van der Waals surface area contributed by atoms with E-state index in [0.717, 1.165) is 32.2 Å². The summed E-state index contributed by atoms with van der Waals surface area (Å²) >= 11 is 0. The van der Waals surface area contributed by atoms with Gasteiger partial charge in [0.05, 0.1) is 11.8 Å². The lowest BCUT2D eigenvalue weighted by atomic mass is 9.99. The molecule has 25 heavy (non-hydrogen) atoms. The van der Waals surface area contributed by atoms with E-state index < -0.39 is 10.0 Å². The highest BCUT2D eigenvalue weighted by molar-refractivity contribution is 7.89. The molecule has 2 saturated heterocycles. The van der Waals surface area contributed by atoms with Crippen LogP contribution >= 0.6 is 0 Å². The van der Waals surface area contributed by atoms with Gasteiger partial charge in [0.1, 0.15) is 0 Å². The Morgan fingerprint density at radius 1 is 1.16 bits per heavy atom. The summed E-state index contributed by atoms with van der Waals surface area (Å²) in [6.07, 6.45) is 5.23. The molecule has 0 aromatic heterocycles. The summed E-state index contributed by atoms with van der Waals surface area (Å²) in [5.41, 5.74) is 2.40. The zero-order valence-corrected chi connectivity index (χ0v) is 15.8. The first-order valence-electron chi connectivity index (χ1n) is 9.31. The molecule has 2 aliphatic heterocycles. The molecular weight excluding hydrogens is 336 g/mol. The van der Waals surface area contributed by atoms with Crippen molar-refractivity contribution in [2.45, 2.75) is 51.5 Å². The molecule has 2 fully saturated rings. The summed E-state index contributed by atoms with van der Waals surface area (Å²) in [6.45, 7) is 3.71. The van der Waals surface area contributed by atoms with Gasteiger partial charge in [0, 0.05) is 26.1 Å². The van der Waals surface area contributed by atoms with Crippen molar-refractivity contribution in [1.82, 2.24) is 9.21 Å². The summed E-state index contributed by atoms with van der Waals surface area (Å²) in [5.74, 6) is 0.298. The van der Waals surface area contributed by atoms with Gasteiger partial charge in [-0.05, 0) is 31.7 Å². The van der Waals surface area contributed by atoms with Crippen LogP contribution in [0.1, 0.15) is 55.7 Å². The third-order valence-corrected chi connectivity index (χ3v) is 7.23. The molecule has 0 N–H and O–H groups in total. The molecule has 0 saturated carbocycles. The van der Waals surface area contributed by atoms with Crippen LogP contribution < -0.4 is 0 Å². The molecule has 0 spiro atoms. The van der Waals surface area contributed by atoms with Crippen LogP contribution in [0.2, 0.25) is 0 Å². The Morgan fingerprint density at radius 3 is 2.72 bits per heavy atom. The molecule has 0 bridgehead atoms. The lowest BCUT2D eigenvalue weighted by Gasteiger charge is -2.31. The number of benzene rings is 1. The topological polar surface area (TPSA) is 57.7 Å². The molecule has 1 unspecified atom stereocenters. The van der Waals surface area contributed by atoms with Crippen LogP contribution in [-0.4, -0.2) is 48.9 Å². The van der Waals surface area contributed by atoms with Gasteiger partial charge in [-0.15, -0.1) is 0 Å². The third kappa shape index (κ3) is 4.42. The maximum absolute atomic E-state index is 12.9. The number of nitrogens with zero attached hydrogens (tertiary/aromatic N) is 2. The van der Waals surface area contributed by atoms with Gasteiger partial charge in [-0.1, -0.05) is 42.7 Å². The van der Waals surface area contributed by atoms with Gasteiger partial charge in [0.15, 0.2) is 0 Å². The maximum Gasteiger partial charge on any atom is 0.224 e. The number of amides is 1. The minimum Gasteiger partial charge on any atom is -0.336 e. The van der Waals surface area contributed by atoms with Crippen LogP contribution in [0, 0.1) is 6.92 Å². The number of rotatable bonds is 4. The zero-order valence-electron chi connectivity index (χ0n) is 15.0. The predicted octanol–water partition coefficient (Wildman–Crippen LogP) is 2.86. The van der Waals surface area contributed by atoms with Crippen LogP contribution in [0.5, 0.6) is 0 Å². The molecule has 1 atom stereocenters. The van der Waals surface area contributed by atoms with Crippen LogP contribution in [0.4, 0.5) is 0 Å². The van der Waals surface area contributed by atoms with Gasteiger partial charge in [-0.25, -0.2) is 12.7 Å². The number of carbonyl (C=O) groups excluding carboxylic acids is 1. The van der Waals surface area contributed by atoms with Crippen molar-refractivity contribution in [3.8, 4) is 0 Å². The van der Waals surface area contributed by atoms with Crippen LogP contribution in [-0.2, 0) is 14.8 Å². The quantitative estimate of drug-likeness (QED) is 0.825. The average molecular weight is 365 g/mol. The second-order valence-corrected chi connectivity index (χ2v) is 9.27. The second kappa shape index (κ2) is 7.87. The summed E-state index contributed by atoms with van der Waals surface area (Å²) < 4.78 is 25.3. The lowest BCUT2D eigenvalue weighted by Crippen LogP contribution is -2.37. The highest BCUT2D eigenvalue weighted by Crippen LogP contribution is 2.31. The normalized spacial score (nSPS) is 24.2. The Kier molecular flexibility index (Phi) is 5.79. The largest absolute Gasteiger partial charge is 0.336 e. The standard InChI is InChI=1S/C19H28N2O3S/c1-16-7-5-8-17(15-16)18-9-3-2-4-12-21(18)19(22)10-13-20-11-6-14-25(20,23)24/h5,7-8,15,18H,2-4,6,9-14H2,1H3. The number of hydrogen-bond donors (Lipinski definition) is 0. The molecule has 138 valence electrons. The fourth-order valence-corrected chi connectivity index (χ4v) is 5.47. The third-order valence-electron chi connectivity index (χ3n) is 5.28. The Morgan fingerprint density at radius 2 is 2.00 bits per heavy atom. The van der Waals surface area contributed by atoms with Crippen molar-refractivity contribution >= 4 is 15.9 Å². The van der Waals surface area contributed by atoms with E-state index in [1.54, 1.807) is 0 Å². The first kappa shape index (κ1) is 18.4. The van der Waals surface area contributed by atoms with Gasteiger partial charge in [-0.3, -0.25) is 4.79 Å². The molecule has 6 heteroatoms.